The topological polar surface area (TPSA) is 26.3 Å². The molecule has 1 aromatic rings. The zero-order valence-electron chi connectivity index (χ0n) is 13.5. The number of hydrogen-bond acceptors (Lipinski definition) is 2. The summed E-state index contributed by atoms with van der Waals surface area (Å²) in [5.41, 5.74) is 3.40. The van der Waals surface area contributed by atoms with E-state index in [1.807, 2.05) is 12.1 Å². The van der Waals surface area contributed by atoms with Crippen molar-refractivity contribution >= 4 is 14.1 Å². The SMILES string of the molecule is CC(=O)c1ccc2c(c1)CCC2O[Si](C)(C)C(C)(C)C. The molecule has 0 heterocycles. The molecule has 2 rings (SSSR count). The fraction of sp³-hybridized carbons (Fsp3) is 0.588. The van der Waals surface area contributed by atoms with Gasteiger partial charge in [-0.25, -0.2) is 0 Å². The molecule has 1 aliphatic rings. The Hall–Kier alpha value is -0.933. The number of benzene rings is 1. The second-order valence-electron chi connectivity index (χ2n) is 7.38. The third kappa shape index (κ3) is 2.89. The largest absolute Gasteiger partial charge is 0.410 e. The first-order valence-corrected chi connectivity index (χ1v) is 10.3. The fourth-order valence-corrected chi connectivity index (χ4v) is 3.76. The Morgan fingerprint density at radius 1 is 1.30 bits per heavy atom. The predicted octanol–water partition coefficient (Wildman–Crippen LogP) is 4.90. The maximum atomic E-state index is 11.5. The van der Waals surface area contributed by atoms with Gasteiger partial charge < -0.3 is 4.43 Å². The Labute approximate surface area is 123 Å². The first kappa shape index (κ1) is 15.5. The summed E-state index contributed by atoms with van der Waals surface area (Å²) >= 11 is 0. The summed E-state index contributed by atoms with van der Waals surface area (Å²) in [6, 6.07) is 6.08. The molecule has 0 bridgehead atoms. The smallest absolute Gasteiger partial charge is 0.192 e. The molecule has 0 radical (unpaired) electrons. The Morgan fingerprint density at radius 2 is 1.95 bits per heavy atom. The first-order chi connectivity index (χ1) is 9.12. The van der Waals surface area contributed by atoms with Crippen LogP contribution in [-0.2, 0) is 10.8 Å². The molecule has 1 aromatic carbocycles. The second kappa shape index (κ2) is 5.12. The molecule has 0 fully saturated rings. The number of carbonyl (C=O) groups is 1. The van der Waals surface area contributed by atoms with Gasteiger partial charge in [-0.15, -0.1) is 0 Å². The van der Waals surface area contributed by atoms with Crippen molar-refractivity contribution in [1.29, 1.82) is 0 Å². The highest BCUT2D eigenvalue weighted by Gasteiger charge is 2.40. The van der Waals surface area contributed by atoms with Gasteiger partial charge in [0.15, 0.2) is 14.1 Å². The molecule has 3 heteroatoms. The van der Waals surface area contributed by atoms with E-state index in [9.17, 15) is 4.79 Å². The zero-order valence-corrected chi connectivity index (χ0v) is 14.5. The maximum Gasteiger partial charge on any atom is 0.192 e. The van der Waals surface area contributed by atoms with Gasteiger partial charge in [0.05, 0.1) is 6.10 Å². The fourth-order valence-electron chi connectivity index (χ4n) is 2.45. The van der Waals surface area contributed by atoms with Gasteiger partial charge in [-0.2, -0.15) is 0 Å². The van der Waals surface area contributed by atoms with Gasteiger partial charge in [0.25, 0.3) is 0 Å². The van der Waals surface area contributed by atoms with Crippen LogP contribution in [0.2, 0.25) is 18.1 Å². The van der Waals surface area contributed by atoms with Crippen LogP contribution >= 0.6 is 0 Å². The van der Waals surface area contributed by atoms with Gasteiger partial charge in [0.2, 0.25) is 0 Å². The average Bonchev–Trinajstić information content (AvgIpc) is 2.69. The maximum absolute atomic E-state index is 11.5. The average molecular weight is 290 g/mol. The van der Waals surface area contributed by atoms with Crippen LogP contribution in [0.15, 0.2) is 18.2 Å². The summed E-state index contributed by atoms with van der Waals surface area (Å²) in [5, 5.41) is 0.231. The van der Waals surface area contributed by atoms with Crippen LogP contribution in [0.5, 0.6) is 0 Å². The molecule has 0 spiro atoms. The van der Waals surface area contributed by atoms with Crippen LogP contribution in [0.3, 0.4) is 0 Å². The molecule has 20 heavy (non-hydrogen) atoms. The van der Waals surface area contributed by atoms with Gasteiger partial charge in [-0.1, -0.05) is 32.9 Å². The van der Waals surface area contributed by atoms with E-state index in [4.69, 9.17) is 4.43 Å². The normalized spacial score (nSPS) is 19.0. The molecule has 1 aliphatic carbocycles. The minimum absolute atomic E-state index is 0.140. The lowest BCUT2D eigenvalue weighted by Gasteiger charge is -2.38. The van der Waals surface area contributed by atoms with E-state index < -0.39 is 8.32 Å². The molecule has 0 aliphatic heterocycles. The molecule has 0 N–H and O–H groups in total. The lowest BCUT2D eigenvalue weighted by atomic mass is 10.0. The van der Waals surface area contributed by atoms with Gasteiger partial charge in [-0.3, -0.25) is 4.79 Å². The van der Waals surface area contributed by atoms with Crippen molar-refractivity contribution < 1.29 is 9.22 Å². The standard InChI is InChI=1S/C17H26O2Si/c1-12(18)13-7-9-15-14(11-13)8-10-16(15)19-20(5,6)17(2,3)4/h7,9,11,16H,8,10H2,1-6H3. The molecule has 110 valence electrons. The number of rotatable bonds is 3. The Balaban J connectivity index is 2.23. The molecule has 0 saturated carbocycles. The highest BCUT2D eigenvalue weighted by molar-refractivity contribution is 6.74. The zero-order chi connectivity index (χ0) is 15.1. The van der Waals surface area contributed by atoms with Crippen LogP contribution in [-0.4, -0.2) is 14.1 Å². The van der Waals surface area contributed by atoms with Crippen molar-refractivity contribution in [3.63, 3.8) is 0 Å². The van der Waals surface area contributed by atoms with E-state index in [1.165, 1.54) is 11.1 Å². The molecule has 0 aromatic heterocycles. The van der Waals surface area contributed by atoms with Gasteiger partial charge in [0, 0.05) is 5.56 Å². The number of ketones is 1. The van der Waals surface area contributed by atoms with E-state index in [0.717, 1.165) is 18.4 Å². The quantitative estimate of drug-likeness (QED) is 0.584. The Bertz CT molecular complexity index is 526. The minimum Gasteiger partial charge on any atom is -0.410 e. The van der Waals surface area contributed by atoms with Crippen molar-refractivity contribution in [1.82, 2.24) is 0 Å². The first-order valence-electron chi connectivity index (χ1n) is 7.43. The predicted molar refractivity (Wildman–Crippen MR) is 85.8 cm³/mol. The molecule has 0 amide bonds. The molecule has 0 saturated heterocycles. The summed E-state index contributed by atoms with van der Waals surface area (Å²) < 4.78 is 6.54. The van der Waals surface area contributed by atoms with Crippen molar-refractivity contribution in [3.8, 4) is 0 Å². The van der Waals surface area contributed by atoms with Crippen molar-refractivity contribution in [3.05, 3.63) is 34.9 Å². The number of aryl methyl sites for hydroxylation is 1. The van der Waals surface area contributed by atoms with Crippen LogP contribution < -0.4 is 0 Å². The van der Waals surface area contributed by atoms with E-state index >= 15 is 0 Å². The third-order valence-corrected chi connectivity index (χ3v) is 9.30. The summed E-state index contributed by atoms with van der Waals surface area (Å²) in [5.74, 6) is 0.140. The number of hydrogen-bond donors (Lipinski definition) is 0. The van der Waals surface area contributed by atoms with E-state index in [0.29, 0.717) is 0 Å². The second-order valence-corrected chi connectivity index (χ2v) is 12.1. The number of fused-ring (bicyclic) bond motifs is 1. The number of Topliss-reactive ketones (excluding diaryl/α,β-unsaturated/α-hetero) is 1. The summed E-state index contributed by atoms with van der Waals surface area (Å²) in [7, 11) is -1.74. The summed E-state index contributed by atoms with van der Waals surface area (Å²) in [6.45, 7) is 13.0. The molecular formula is C17H26O2Si. The Kier molecular flexibility index (Phi) is 3.95. The minimum atomic E-state index is -1.74. The van der Waals surface area contributed by atoms with Crippen molar-refractivity contribution in [2.75, 3.05) is 0 Å². The molecule has 1 atom stereocenters. The van der Waals surface area contributed by atoms with Crippen LogP contribution in [0.4, 0.5) is 0 Å². The molecule has 1 unspecified atom stereocenters. The van der Waals surface area contributed by atoms with Crippen LogP contribution in [0.1, 0.15) is 61.7 Å². The molecule has 2 nitrogen and oxygen atoms in total. The molecular weight excluding hydrogens is 264 g/mol. The van der Waals surface area contributed by atoms with E-state index in [2.05, 4.69) is 39.9 Å². The highest BCUT2D eigenvalue weighted by Crippen LogP contribution is 2.43. The summed E-state index contributed by atoms with van der Waals surface area (Å²) in [4.78, 5) is 11.5. The lowest BCUT2D eigenvalue weighted by Crippen LogP contribution is -2.41. The van der Waals surface area contributed by atoms with Crippen LogP contribution in [0.25, 0.3) is 0 Å². The van der Waals surface area contributed by atoms with E-state index in [-0.39, 0.29) is 16.9 Å². The Morgan fingerprint density at radius 3 is 2.50 bits per heavy atom. The monoisotopic (exact) mass is 290 g/mol. The van der Waals surface area contributed by atoms with Gasteiger partial charge >= 0.3 is 0 Å². The van der Waals surface area contributed by atoms with Crippen LogP contribution in [0, 0.1) is 0 Å². The van der Waals surface area contributed by atoms with Crippen molar-refractivity contribution in [2.24, 2.45) is 0 Å². The third-order valence-electron chi connectivity index (χ3n) is 4.82. The summed E-state index contributed by atoms with van der Waals surface area (Å²) in [6.07, 6.45) is 2.28. The van der Waals surface area contributed by atoms with Gasteiger partial charge in [-0.05, 0) is 55.1 Å². The van der Waals surface area contributed by atoms with Gasteiger partial charge in [0.1, 0.15) is 0 Å². The highest BCUT2D eigenvalue weighted by atomic mass is 28.4. The number of carbonyl (C=O) groups excluding carboxylic acids is 1. The lowest BCUT2D eigenvalue weighted by molar-refractivity contribution is 0.101. The van der Waals surface area contributed by atoms with E-state index in [1.54, 1.807) is 6.92 Å². The van der Waals surface area contributed by atoms with Crippen molar-refractivity contribution in [2.45, 2.75) is 64.8 Å².